The molecular weight excluding hydrogens is 244 g/mol. The second kappa shape index (κ2) is 6.36. The Hall–Kier alpha value is -0.0800. The van der Waals surface area contributed by atoms with Gasteiger partial charge in [-0.25, -0.2) is 0 Å². The van der Waals surface area contributed by atoms with Gasteiger partial charge in [-0.2, -0.15) is 0 Å². The summed E-state index contributed by atoms with van der Waals surface area (Å²) in [5.41, 5.74) is 0.769. The maximum Gasteiger partial charge on any atom is 0.00967 e. The van der Waals surface area contributed by atoms with Gasteiger partial charge in [0.05, 0.1) is 0 Å². The molecule has 1 saturated carbocycles. The van der Waals surface area contributed by atoms with Crippen LogP contribution >= 0.6 is 0 Å². The topological polar surface area (TPSA) is 15.3 Å². The number of nitrogens with zero attached hydrogens (tertiary/aromatic N) is 1. The van der Waals surface area contributed by atoms with Crippen LogP contribution in [0.15, 0.2) is 0 Å². The molecule has 1 aliphatic carbocycles. The summed E-state index contributed by atoms with van der Waals surface area (Å²) in [4.78, 5) is 2.76. The van der Waals surface area contributed by atoms with Crippen LogP contribution in [-0.4, -0.2) is 36.1 Å². The van der Waals surface area contributed by atoms with Gasteiger partial charge >= 0.3 is 0 Å². The van der Waals surface area contributed by atoms with Crippen molar-refractivity contribution in [1.29, 1.82) is 0 Å². The summed E-state index contributed by atoms with van der Waals surface area (Å²) < 4.78 is 0. The second-order valence-corrected chi connectivity index (χ2v) is 8.75. The third-order valence-electron chi connectivity index (χ3n) is 5.56. The fourth-order valence-corrected chi connectivity index (χ4v) is 3.88. The largest absolute Gasteiger partial charge is 0.311 e. The van der Waals surface area contributed by atoms with Crippen molar-refractivity contribution in [3.8, 4) is 0 Å². The quantitative estimate of drug-likeness (QED) is 0.835. The first-order valence-electron chi connectivity index (χ1n) is 8.79. The first-order chi connectivity index (χ1) is 9.30. The zero-order valence-electron chi connectivity index (χ0n) is 14.5. The molecule has 2 fully saturated rings. The van der Waals surface area contributed by atoms with Gasteiger partial charge in [0.1, 0.15) is 0 Å². The lowest BCUT2D eigenvalue weighted by Crippen LogP contribution is -2.50. The average Bonchev–Trinajstić information content (AvgIpc) is 2.75. The highest BCUT2D eigenvalue weighted by Crippen LogP contribution is 2.40. The molecule has 0 aromatic carbocycles. The van der Waals surface area contributed by atoms with E-state index in [9.17, 15) is 0 Å². The fourth-order valence-electron chi connectivity index (χ4n) is 3.88. The summed E-state index contributed by atoms with van der Waals surface area (Å²) in [6.45, 7) is 15.6. The van der Waals surface area contributed by atoms with Gasteiger partial charge in [0.2, 0.25) is 0 Å². The molecule has 0 bridgehead atoms. The Morgan fingerprint density at radius 3 is 2.25 bits per heavy atom. The predicted molar refractivity (Wildman–Crippen MR) is 88.1 cm³/mol. The van der Waals surface area contributed by atoms with Crippen LogP contribution in [0.3, 0.4) is 0 Å². The van der Waals surface area contributed by atoms with Crippen LogP contribution in [0.5, 0.6) is 0 Å². The normalized spacial score (nSPS) is 36.5. The number of hydrogen-bond acceptors (Lipinski definition) is 2. The number of nitrogens with one attached hydrogen (secondary N) is 1. The first kappa shape index (κ1) is 16.3. The van der Waals surface area contributed by atoms with E-state index in [1.807, 2.05) is 0 Å². The standard InChI is InChI=1S/C18H36N2/c1-15-8-10-18(11-9-15,13-19-17(3,4)5)14-20-12-6-7-16(20)2/h15-16,19H,6-14H2,1-5H3. The molecule has 1 atom stereocenters. The van der Waals surface area contributed by atoms with Crippen LogP contribution in [-0.2, 0) is 0 Å². The molecule has 1 N–H and O–H groups in total. The Balaban J connectivity index is 1.99. The van der Waals surface area contributed by atoms with Gasteiger partial charge in [0, 0.05) is 24.7 Å². The average molecular weight is 280 g/mol. The monoisotopic (exact) mass is 280 g/mol. The highest BCUT2D eigenvalue weighted by atomic mass is 15.2. The predicted octanol–water partition coefficient (Wildman–Crippen LogP) is 4.06. The van der Waals surface area contributed by atoms with Crippen LogP contribution in [0.1, 0.15) is 73.1 Å². The van der Waals surface area contributed by atoms with E-state index >= 15 is 0 Å². The highest BCUT2D eigenvalue weighted by molar-refractivity contribution is 4.93. The van der Waals surface area contributed by atoms with E-state index < -0.39 is 0 Å². The summed E-state index contributed by atoms with van der Waals surface area (Å²) in [7, 11) is 0. The van der Waals surface area contributed by atoms with Crippen LogP contribution in [0.4, 0.5) is 0 Å². The summed E-state index contributed by atoms with van der Waals surface area (Å²) >= 11 is 0. The number of hydrogen-bond donors (Lipinski definition) is 1. The van der Waals surface area contributed by atoms with Crippen molar-refractivity contribution in [2.45, 2.75) is 84.7 Å². The van der Waals surface area contributed by atoms with Gasteiger partial charge in [-0.15, -0.1) is 0 Å². The minimum Gasteiger partial charge on any atom is -0.311 e. The van der Waals surface area contributed by atoms with Gasteiger partial charge < -0.3 is 10.2 Å². The lowest BCUT2D eigenvalue weighted by atomic mass is 9.70. The molecule has 2 aliphatic rings. The first-order valence-corrected chi connectivity index (χ1v) is 8.79. The molecule has 0 amide bonds. The molecule has 2 heteroatoms. The molecule has 1 saturated heterocycles. The van der Waals surface area contributed by atoms with Crippen molar-refractivity contribution in [2.24, 2.45) is 11.3 Å². The smallest absolute Gasteiger partial charge is 0.00967 e. The van der Waals surface area contributed by atoms with Gasteiger partial charge in [-0.1, -0.05) is 19.8 Å². The van der Waals surface area contributed by atoms with Gasteiger partial charge in [-0.05, 0) is 71.3 Å². The van der Waals surface area contributed by atoms with Crippen molar-refractivity contribution in [3.63, 3.8) is 0 Å². The minimum atomic E-state index is 0.243. The summed E-state index contributed by atoms with van der Waals surface area (Å²) in [6.07, 6.45) is 8.49. The molecule has 0 radical (unpaired) electrons. The maximum absolute atomic E-state index is 3.81. The van der Waals surface area contributed by atoms with Crippen LogP contribution < -0.4 is 5.32 Å². The minimum absolute atomic E-state index is 0.243. The third kappa shape index (κ3) is 4.46. The molecule has 0 aromatic rings. The van der Waals surface area contributed by atoms with Crippen molar-refractivity contribution in [2.75, 3.05) is 19.6 Å². The molecule has 2 nitrogen and oxygen atoms in total. The summed E-state index contributed by atoms with van der Waals surface area (Å²) in [5, 5.41) is 3.81. The van der Waals surface area contributed by atoms with Crippen molar-refractivity contribution in [1.82, 2.24) is 10.2 Å². The third-order valence-corrected chi connectivity index (χ3v) is 5.56. The Labute approximate surface area is 126 Å². The van der Waals surface area contributed by atoms with E-state index in [4.69, 9.17) is 0 Å². The molecule has 1 heterocycles. The number of rotatable bonds is 4. The lowest BCUT2D eigenvalue weighted by Gasteiger charge is -2.44. The van der Waals surface area contributed by atoms with E-state index in [1.165, 1.54) is 58.2 Å². The van der Waals surface area contributed by atoms with Crippen LogP contribution in [0.2, 0.25) is 0 Å². The Morgan fingerprint density at radius 1 is 1.10 bits per heavy atom. The Morgan fingerprint density at radius 2 is 1.75 bits per heavy atom. The van der Waals surface area contributed by atoms with Gasteiger partial charge in [0.15, 0.2) is 0 Å². The van der Waals surface area contributed by atoms with Gasteiger partial charge in [-0.3, -0.25) is 0 Å². The zero-order chi connectivity index (χ0) is 14.8. The SMILES string of the molecule is CC1CCC(CNC(C)(C)C)(CN2CCCC2C)CC1. The molecule has 1 unspecified atom stereocenters. The fraction of sp³-hybridized carbons (Fsp3) is 1.00. The molecule has 118 valence electrons. The number of likely N-dealkylation sites (tertiary alicyclic amines) is 1. The van der Waals surface area contributed by atoms with E-state index in [0.29, 0.717) is 5.41 Å². The highest BCUT2D eigenvalue weighted by Gasteiger charge is 2.38. The van der Waals surface area contributed by atoms with Crippen molar-refractivity contribution in [3.05, 3.63) is 0 Å². The van der Waals surface area contributed by atoms with E-state index in [1.54, 1.807) is 0 Å². The van der Waals surface area contributed by atoms with Crippen molar-refractivity contribution >= 4 is 0 Å². The maximum atomic E-state index is 3.81. The molecule has 2 rings (SSSR count). The summed E-state index contributed by atoms with van der Waals surface area (Å²) in [5.74, 6) is 0.939. The molecule has 0 spiro atoms. The molecule has 1 aliphatic heterocycles. The zero-order valence-corrected chi connectivity index (χ0v) is 14.5. The van der Waals surface area contributed by atoms with Gasteiger partial charge in [0.25, 0.3) is 0 Å². The molecule has 0 aromatic heterocycles. The van der Waals surface area contributed by atoms with E-state index in [-0.39, 0.29) is 5.54 Å². The van der Waals surface area contributed by atoms with E-state index in [2.05, 4.69) is 44.8 Å². The van der Waals surface area contributed by atoms with E-state index in [0.717, 1.165) is 12.0 Å². The Kier molecular flexibility index (Phi) is 5.18. The summed E-state index contributed by atoms with van der Waals surface area (Å²) in [6, 6.07) is 0.806. The second-order valence-electron chi connectivity index (χ2n) is 8.75. The van der Waals surface area contributed by atoms with Crippen molar-refractivity contribution < 1.29 is 0 Å². The molecular formula is C18H36N2. The van der Waals surface area contributed by atoms with Crippen LogP contribution in [0, 0.1) is 11.3 Å². The lowest BCUT2D eigenvalue weighted by molar-refractivity contribution is 0.0770. The molecule has 20 heavy (non-hydrogen) atoms. The Bertz CT molecular complexity index is 297. The van der Waals surface area contributed by atoms with Crippen LogP contribution in [0.25, 0.3) is 0 Å².